The van der Waals surface area contributed by atoms with Crippen molar-refractivity contribution in [3.05, 3.63) is 0 Å². The van der Waals surface area contributed by atoms with Crippen molar-refractivity contribution in [1.82, 2.24) is 0 Å². The summed E-state index contributed by atoms with van der Waals surface area (Å²) in [6.07, 6.45) is 2.84. The molecule has 0 nitrogen and oxygen atoms in total. The third-order valence-electron chi connectivity index (χ3n) is 3.06. The van der Waals surface area contributed by atoms with Crippen LogP contribution in [-0.4, -0.2) is 19.0 Å². The third-order valence-corrected chi connectivity index (χ3v) is 5.08. The molecule has 0 saturated heterocycles. The zero-order valence-electron chi connectivity index (χ0n) is 9.59. The molecule has 0 N–H and O–H groups in total. The highest BCUT2D eigenvalue weighted by Crippen LogP contribution is 2.35. The lowest BCUT2D eigenvalue weighted by molar-refractivity contribution is 0.382. The Balaban J connectivity index is 3.54. The fraction of sp³-hybridized carbons (Fsp3) is 1.00. The molecule has 2 unspecified atom stereocenters. The minimum atomic E-state index is 0.288. The molecule has 0 amide bonds. The molecule has 1 heteroatoms. The molecule has 0 aliphatic heterocycles. The average molecular weight is 188 g/mol. The summed E-state index contributed by atoms with van der Waals surface area (Å²) in [5.41, 5.74) is 0.959. The van der Waals surface area contributed by atoms with E-state index in [0.29, 0.717) is 0 Å². The second-order valence-electron chi connectivity index (χ2n) is 4.61. The monoisotopic (exact) mass is 188 g/mol. The molecule has 0 fully saturated rings. The van der Waals surface area contributed by atoms with Gasteiger partial charge >= 0.3 is 0 Å². The highest BCUT2D eigenvalue weighted by molar-refractivity contribution is 7.56. The molecule has 0 bridgehead atoms. The van der Waals surface area contributed by atoms with E-state index in [9.17, 15) is 0 Å². The van der Waals surface area contributed by atoms with Gasteiger partial charge in [0.1, 0.15) is 0 Å². The van der Waals surface area contributed by atoms with Crippen LogP contribution in [0.3, 0.4) is 0 Å². The minimum absolute atomic E-state index is 0.288. The standard InChI is InChI=1S/C11H25P/c1-9(2)10(3)7-8-11(4)12(5)6/h9-11H,7-8H2,1-6H3. The van der Waals surface area contributed by atoms with Crippen LogP contribution in [0.5, 0.6) is 0 Å². The van der Waals surface area contributed by atoms with E-state index in [1.54, 1.807) is 0 Å². The molecule has 0 aliphatic rings. The SMILES string of the molecule is CC(C)C(C)CCC(C)P(C)C. The molecular weight excluding hydrogens is 163 g/mol. The van der Waals surface area contributed by atoms with Crippen LogP contribution in [-0.2, 0) is 0 Å². The fourth-order valence-electron chi connectivity index (χ4n) is 1.10. The van der Waals surface area contributed by atoms with Crippen LogP contribution in [0.25, 0.3) is 0 Å². The zero-order valence-corrected chi connectivity index (χ0v) is 10.5. The van der Waals surface area contributed by atoms with Crippen molar-refractivity contribution >= 4 is 7.92 Å². The Bertz CT molecular complexity index is 93.6. The lowest BCUT2D eigenvalue weighted by Gasteiger charge is -2.20. The Hall–Kier alpha value is 0.430. The molecule has 74 valence electrons. The predicted octanol–water partition coefficient (Wildman–Crippen LogP) is 4.19. The van der Waals surface area contributed by atoms with Crippen molar-refractivity contribution in [2.45, 2.75) is 46.2 Å². The van der Waals surface area contributed by atoms with Gasteiger partial charge in [-0.3, -0.25) is 0 Å². The van der Waals surface area contributed by atoms with Crippen LogP contribution in [0.15, 0.2) is 0 Å². The Labute approximate surface area is 79.9 Å². The largest absolute Gasteiger partial charge is 0.110 e. The molecule has 0 aromatic carbocycles. The molecule has 0 aromatic rings. The van der Waals surface area contributed by atoms with Gasteiger partial charge in [0.25, 0.3) is 0 Å². The summed E-state index contributed by atoms with van der Waals surface area (Å²) in [5, 5.41) is 0. The van der Waals surface area contributed by atoms with E-state index in [2.05, 4.69) is 41.0 Å². The number of rotatable bonds is 5. The molecule has 0 heterocycles. The molecule has 0 aromatic heterocycles. The third kappa shape index (κ3) is 5.14. The highest BCUT2D eigenvalue weighted by atomic mass is 31.1. The van der Waals surface area contributed by atoms with Gasteiger partial charge in [0.2, 0.25) is 0 Å². The van der Waals surface area contributed by atoms with Gasteiger partial charge in [0, 0.05) is 0 Å². The lowest BCUT2D eigenvalue weighted by atomic mass is 9.93. The second-order valence-corrected chi connectivity index (χ2v) is 7.42. The lowest BCUT2D eigenvalue weighted by Crippen LogP contribution is -2.07. The van der Waals surface area contributed by atoms with E-state index in [-0.39, 0.29) is 7.92 Å². The molecule has 0 aliphatic carbocycles. The van der Waals surface area contributed by atoms with Crippen molar-refractivity contribution in [2.24, 2.45) is 11.8 Å². The first-order valence-electron chi connectivity index (χ1n) is 5.11. The van der Waals surface area contributed by atoms with Gasteiger partial charge in [0.15, 0.2) is 0 Å². The molecule has 0 spiro atoms. The summed E-state index contributed by atoms with van der Waals surface area (Å²) >= 11 is 0. The van der Waals surface area contributed by atoms with E-state index >= 15 is 0 Å². The van der Waals surface area contributed by atoms with Gasteiger partial charge in [-0.2, -0.15) is 0 Å². The smallest absolute Gasteiger partial charge is 0.0242 e. The van der Waals surface area contributed by atoms with E-state index in [1.807, 2.05) is 0 Å². The van der Waals surface area contributed by atoms with Crippen LogP contribution in [0.4, 0.5) is 0 Å². The maximum absolute atomic E-state index is 2.40. The summed E-state index contributed by atoms with van der Waals surface area (Å²) in [6, 6.07) is 0. The van der Waals surface area contributed by atoms with E-state index in [0.717, 1.165) is 17.5 Å². The van der Waals surface area contributed by atoms with Crippen molar-refractivity contribution < 1.29 is 0 Å². The van der Waals surface area contributed by atoms with Crippen LogP contribution in [0.2, 0.25) is 0 Å². The van der Waals surface area contributed by atoms with Crippen LogP contribution in [0, 0.1) is 11.8 Å². The molecule has 2 atom stereocenters. The van der Waals surface area contributed by atoms with E-state index in [4.69, 9.17) is 0 Å². The highest BCUT2D eigenvalue weighted by Gasteiger charge is 2.11. The summed E-state index contributed by atoms with van der Waals surface area (Å²) in [7, 11) is 0.288. The maximum atomic E-state index is 2.40. The van der Waals surface area contributed by atoms with E-state index < -0.39 is 0 Å². The predicted molar refractivity (Wildman–Crippen MR) is 61.5 cm³/mol. The normalized spacial score (nSPS) is 17.0. The summed E-state index contributed by atoms with van der Waals surface area (Å²) < 4.78 is 0. The first-order valence-corrected chi connectivity index (χ1v) is 7.42. The Morgan fingerprint density at radius 2 is 1.42 bits per heavy atom. The van der Waals surface area contributed by atoms with Gasteiger partial charge in [-0.05, 0) is 43.7 Å². The first-order chi connectivity index (χ1) is 5.45. The van der Waals surface area contributed by atoms with Gasteiger partial charge in [-0.15, -0.1) is 7.92 Å². The molecule has 0 saturated carbocycles. The summed E-state index contributed by atoms with van der Waals surface area (Å²) in [5.74, 6) is 1.76. The minimum Gasteiger partial charge on any atom is -0.110 e. The van der Waals surface area contributed by atoms with Gasteiger partial charge in [-0.25, -0.2) is 0 Å². The van der Waals surface area contributed by atoms with Gasteiger partial charge in [-0.1, -0.05) is 27.7 Å². The Morgan fingerprint density at radius 3 is 1.75 bits per heavy atom. The average Bonchev–Trinajstić information content (AvgIpc) is 1.98. The van der Waals surface area contributed by atoms with Crippen LogP contribution in [0.1, 0.15) is 40.5 Å². The van der Waals surface area contributed by atoms with Crippen molar-refractivity contribution in [3.8, 4) is 0 Å². The van der Waals surface area contributed by atoms with Gasteiger partial charge in [0.05, 0.1) is 0 Å². The molecule has 12 heavy (non-hydrogen) atoms. The molecule has 0 radical (unpaired) electrons. The summed E-state index contributed by atoms with van der Waals surface area (Å²) in [4.78, 5) is 0. The molecule has 0 rings (SSSR count). The van der Waals surface area contributed by atoms with Crippen LogP contribution < -0.4 is 0 Å². The van der Waals surface area contributed by atoms with Crippen LogP contribution >= 0.6 is 7.92 Å². The van der Waals surface area contributed by atoms with Crippen molar-refractivity contribution in [3.63, 3.8) is 0 Å². The van der Waals surface area contributed by atoms with E-state index in [1.165, 1.54) is 12.8 Å². The Kier molecular flexibility index (Phi) is 6.19. The summed E-state index contributed by atoms with van der Waals surface area (Å²) in [6.45, 7) is 14.2. The van der Waals surface area contributed by atoms with Crippen molar-refractivity contribution in [1.29, 1.82) is 0 Å². The second kappa shape index (κ2) is 5.97. The van der Waals surface area contributed by atoms with Gasteiger partial charge < -0.3 is 0 Å². The number of hydrogen-bond acceptors (Lipinski definition) is 0. The quantitative estimate of drug-likeness (QED) is 0.567. The first kappa shape index (κ1) is 12.4. The topological polar surface area (TPSA) is 0 Å². The Morgan fingerprint density at radius 1 is 0.917 bits per heavy atom. The maximum Gasteiger partial charge on any atom is -0.0242 e. The fourth-order valence-corrected chi connectivity index (χ4v) is 1.76. The number of hydrogen-bond donors (Lipinski definition) is 0. The van der Waals surface area contributed by atoms with Crippen molar-refractivity contribution in [2.75, 3.05) is 13.3 Å². The zero-order chi connectivity index (χ0) is 9.72. The molecular formula is C11H25P.